The summed E-state index contributed by atoms with van der Waals surface area (Å²) in [6, 6.07) is 0. The lowest BCUT2D eigenvalue weighted by atomic mass is 9.70. The molecule has 1 aliphatic carbocycles. The Balaban J connectivity index is 2.75. The molecule has 0 aromatic carbocycles. The average Bonchev–Trinajstić information content (AvgIpc) is 2.56. The molecule has 1 rings (SSSR count). The minimum Gasteiger partial charge on any atom is -0.392 e. The molecule has 16 heavy (non-hydrogen) atoms. The normalized spacial score (nSPS) is 23.1. The molecule has 1 unspecified atom stereocenters. The van der Waals surface area contributed by atoms with E-state index < -0.39 is 0 Å². The summed E-state index contributed by atoms with van der Waals surface area (Å²) in [7, 11) is 0. The van der Waals surface area contributed by atoms with E-state index in [-0.39, 0.29) is 11.5 Å². The first-order valence-electron chi connectivity index (χ1n) is 7.08. The van der Waals surface area contributed by atoms with Crippen LogP contribution in [0.1, 0.15) is 65.2 Å². The summed E-state index contributed by atoms with van der Waals surface area (Å²) >= 11 is 0. The van der Waals surface area contributed by atoms with Crippen molar-refractivity contribution < 1.29 is 5.11 Å². The van der Waals surface area contributed by atoms with Crippen LogP contribution in [0.15, 0.2) is 0 Å². The van der Waals surface area contributed by atoms with Gasteiger partial charge in [-0.2, -0.15) is 0 Å². The Labute approximate surface area is 101 Å². The van der Waals surface area contributed by atoms with Crippen molar-refractivity contribution in [1.82, 2.24) is 0 Å². The molecule has 2 nitrogen and oxygen atoms in total. The molecule has 0 bridgehead atoms. The predicted molar refractivity (Wildman–Crippen MR) is 69.3 cm³/mol. The number of aliphatic hydroxyl groups is 1. The van der Waals surface area contributed by atoms with E-state index in [0.717, 1.165) is 25.7 Å². The van der Waals surface area contributed by atoms with Crippen molar-refractivity contribution in [1.29, 1.82) is 0 Å². The number of nitrogens with two attached hydrogens (primary N) is 1. The number of aliphatic hydroxyl groups excluding tert-OH is 1. The van der Waals surface area contributed by atoms with Gasteiger partial charge in [0.1, 0.15) is 0 Å². The highest BCUT2D eigenvalue weighted by Gasteiger charge is 2.39. The zero-order chi connectivity index (χ0) is 12.0. The Hall–Kier alpha value is -0.0800. The quantitative estimate of drug-likeness (QED) is 0.709. The minimum atomic E-state index is -0.189. The molecule has 0 amide bonds. The third-order valence-corrected chi connectivity index (χ3v) is 4.63. The van der Waals surface area contributed by atoms with Crippen molar-refractivity contribution in [2.75, 3.05) is 6.54 Å². The van der Waals surface area contributed by atoms with Gasteiger partial charge in [-0.05, 0) is 18.8 Å². The number of hydrogen-bond acceptors (Lipinski definition) is 2. The van der Waals surface area contributed by atoms with E-state index in [2.05, 4.69) is 13.8 Å². The third-order valence-electron chi connectivity index (χ3n) is 4.63. The van der Waals surface area contributed by atoms with Crippen LogP contribution in [0, 0.1) is 11.3 Å². The third kappa shape index (κ3) is 2.98. The maximum Gasteiger partial charge on any atom is 0.0636 e. The molecule has 0 aromatic rings. The van der Waals surface area contributed by atoms with Gasteiger partial charge in [-0.1, -0.05) is 52.4 Å². The van der Waals surface area contributed by atoms with E-state index in [1.54, 1.807) is 0 Å². The lowest BCUT2D eigenvalue weighted by molar-refractivity contribution is -0.0270. The van der Waals surface area contributed by atoms with Gasteiger partial charge in [0.05, 0.1) is 6.10 Å². The Morgan fingerprint density at radius 1 is 1.06 bits per heavy atom. The van der Waals surface area contributed by atoms with E-state index in [4.69, 9.17) is 5.73 Å². The summed E-state index contributed by atoms with van der Waals surface area (Å²) in [6.07, 6.45) is 9.32. The molecular weight excluding hydrogens is 198 g/mol. The van der Waals surface area contributed by atoms with Crippen molar-refractivity contribution >= 4 is 0 Å². The van der Waals surface area contributed by atoms with Crippen molar-refractivity contribution in [2.45, 2.75) is 71.3 Å². The molecule has 1 atom stereocenters. The topological polar surface area (TPSA) is 46.2 Å². The van der Waals surface area contributed by atoms with Crippen LogP contribution in [0.5, 0.6) is 0 Å². The highest BCUT2D eigenvalue weighted by molar-refractivity contribution is 4.91. The Bertz CT molecular complexity index is 181. The van der Waals surface area contributed by atoms with Gasteiger partial charge in [0.25, 0.3) is 0 Å². The van der Waals surface area contributed by atoms with E-state index in [0.29, 0.717) is 12.5 Å². The van der Waals surface area contributed by atoms with Gasteiger partial charge in [-0.3, -0.25) is 0 Å². The SMILES string of the molecule is CCC(CC)C(O)C1(CN)CCCCCC1. The summed E-state index contributed by atoms with van der Waals surface area (Å²) in [6.45, 7) is 5.02. The Kier molecular flexibility index (Phi) is 5.77. The van der Waals surface area contributed by atoms with Crippen LogP contribution in [0.2, 0.25) is 0 Å². The van der Waals surface area contributed by atoms with Crippen LogP contribution in [0.4, 0.5) is 0 Å². The van der Waals surface area contributed by atoms with Crippen LogP contribution >= 0.6 is 0 Å². The standard InChI is InChI=1S/C14H29NO/c1-3-12(4-2)13(16)14(11-15)9-7-5-6-8-10-14/h12-13,16H,3-11,15H2,1-2H3. The van der Waals surface area contributed by atoms with Crippen molar-refractivity contribution in [2.24, 2.45) is 17.1 Å². The fourth-order valence-electron chi connectivity index (χ4n) is 3.29. The van der Waals surface area contributed by atoms with Crippen LogP contribution in [-0.2, 0) is 0 Å². The lowest BCUT2D eigenvalue weighted by Crippen LogP contribution is -2.45. The lowest BCUT2D eigenvalue weighted by Gasteiger charge is -2.40. The van der Waals surface area contributed by atoms with Gasteiger partial charge in [0, 0.05) is 12.0 Å². The molecule has 1 saturated carbocycles. The second-order valence-corrected chi connectivity index (χ2v) is 5.50. The summed E-state index contributed by atoms with van der Waals surface area (Å²) in [5.74, 6) is 0.432. The number of hydrogen-bond donors (Lipinski definition) is 2. The van der Waals surface area contributed by atoms with Crippen molar-refractivity contribution in [3.8, 4) is 0 Å². The molecule has 0 aromatic heterocycles. The predicted octanol–water partition coefficient (Wildman–Crippen LogP) is 3.08. The monoisotopic (exact) mass is 227 g/mol. The number of rotatable bonds is 5. The van der Waals surface area contributed by atoms with Gasteiger partial charge in [0.2, 0.25) is 0 Å². The van der Waals surface area contributed by atoms with E-state index in [9.17, 15) is 5.11 Å². The first kappa shape index (κ1) is 14.0. The van der Waals surface area contributed by atoms with Crippen LogP contribution in [0.25, 0.3) is 0 Å². The zero-order valence-electron chi connectivity index (χ0n) is 11.0. The first-order valence-corrected chi connectivity index (χ1v) is 7.08. The van der Waals surface area contributed by atoms with Gasteiger partial charge < -0.3 is 10.8 Å². The largest absolute Gasteiger partial charge is 0.392 e. The molecule has 2 heteroatoms. The fraction of sp³-hybridized carbons (Fsp3) is 1.00. The van der Waals surface area contributed by atoms with E-state index >= 15 is 0 Å². The summed E-state index contributed by atoms with van der Waals surface area (Å²) in [5, 5.41) is 10.6. The minimum absolute atomic E-state index is 0.0210. The van der Waals surface area contributed by atoms with E-state index in [1.165, 1.54) is 25.7 Å². The second kappa shape index (κ2) is 6.61. The maximum atomic E-state index is 10.6. The summed E-state index contributed by atoms with van der Waals surface area (Å²) in [4.78, 5) is 0. The van der Waals surface area contributed by atoms with Crippen LogP contribution in [-0.4, -0.2) is 17.8 Å². The maximum absolute atomic E-state index is 10.6. The molecule has 0 aliphatic heterocycles. The van der Waals surface area contributed by atoms with Crippen LogP contribution < -0.4 is 5.73 Å². The second-order valence-electron chi connectivity index (χ2n) is 5.50. The molecule has 3 N–H and O–H groups in total. The van der Waals surface area contributed by atoms with Crippen molar-refractivity contribution in [3.05, 3.63) is 0 Å². The molecule has 0 saturated heterocycles. The Morgan fingerprint density at radius 2 is 1.56 bits per heavy atom. The molecule has 1 aliphatic rings. The summed E-state index contributed by atoms with van der Waals surface area (Å²) in [5.41, 5.74) is 6.02. The first-order chi connectivity index (χ1) is 7.70. The zero-order valence-corrected chi connectivity index (χ0v) is 11.0. The molecule has 0 spiro atoms. The summed E-state index contributed by atoms with van der Waals surface area (Å²) < 4.78 is 0. The Morgan fingerprint density at radius 3 is 1.94 bits per heavy atom. The molecule has 0 heterocycles. The molecule has 0 radical (unpaired) electrons. The highest BCUT2D eigenvalue weighted by atomic mass is 16.3. The fourth-order valence-corrected chi connectivity index (χ4v) is 3.29. The van der Waals surface area contributed by atoms with Gasteiger partial charge in [-0.25, -0.2) is 0 Å². The van der Waals surface area contributed by atoms with Gasteiger partial charge in [0.15, 0.2) is 0 Å². The van der Waals surface area contributed by atoms with Gasteiger partial charge in [-0.15, -0.1) is 0 Å². The smallest absolute Gasteiger partial charge is 0.0636 e. The average molecular weight is 227 g/mol. The van der Waals surface area contributed by atoms with Gasteiger partial charge >= 0.3 is 0 Å². The molecule has 96 valence electrons. The molecular formula is C14H29NO. The van der Waals surface area contributed by atoms with E-state index in [1.807, 2.05) is 0 Å². The van der Waals surface area contributed by atoms with Crippen LogP contribution in [0.3, 0.4) is 0 Å². The molecule has 1 fully saturated rings. The van der Waals surface area contributed by atoms with Crippen molar-refractivity contribution in [3.63, 3.8) is 0 Å². The highest BCUT2D eigenvalue weighted by Crippen LogP contribution is 2.41.